The molecule has 0 rings (SSSR count). The molecule has 0 saturated heterocycles. The van der Waals surface area contributed by atoms with Crippen molar-refractivity contribution in [1.29, 1.82) is 0 Å². The van der Waals surface area contributed by atoms with Crippen LogP contribution < -0.4 is 11.1 Å². The Bertz CT molecular complexity index is 145. The van der Waals surface area contributed by atoms with Crippen LogP contribution in [0.15, 0.2) is 0 Å². The Morgan fingerprint density at radius 3 is 1.86 bits per heavy atom. The molecule has 0 fully saturated rings. The molecule has 0 saturated carbocycles. The Kier molecular flexibility index (Phi) is 6.50. The first-order chi connectivity index (χ1) is 6.56. The van der Waals surface area contributed by atoms with Gasteiger partial charge in [0, 0.05) is 21.3 Å². The lowest BCUT2D eigenvalue weighted by Crippen LogP contribution is -2.62. The van der Waals surface area contributed by atoms with Gasteiger partial charge in [0.05, 0.1) is 11.8 Å². The van der Waals surface area contributed by atoms with Crippen LogP contribution in [-0.2, 0) is 13.3 Å². The highest BCUT2D eigenvalue weighted by molar-refractivity contribution is 6.62. The highest BCUT2D eigenvalue weighted by Gasteiger charge is 2.46. The smallest absolute Gasteiger partial charge is 0.376 e. The molecule has 0 radical (unpaired) electrons. The second kappa shape index (κ2) is 6.49. The van der Waals surface area contributed by atoms with Gasteiger partial charge in [-0.1, -0.05) is 6.92 Å². The van der Waals surface area contributed by atoms with Gasteiger partial charge in [0.15, 0.2) is 0 Å². The third-order valence-electron chi connectivity index (χ3n) is 2.15. The first-order valence-electron chi connectivity index (χ1n) is 4.73. The Morgan fingerprint density at radius 1 is 1.21 bits per heavy atom. The summed E-state index contributed by atoms with van der Waals surface area (Å²) >= 11 is 0. The van der Waals surface area contributed by atoms with E-state index in [1.807, 2.05) is 13.8 Å². The SMILES string of the molecule is CCC(NC(C)N)[Si](OC)(OC)OC. The monoisotopic (exact) mass is 222 g/mol. The van der Waals surface area contributed by atoms with Crippen molar-refractivity contribution in [2.24, 2.45) is 5.73 Å². The molecule has 0 aliphatic heterocycles. The molecule has 0 heterocycles. The Labute approximate surface area is 87.3 Å². The maximum absolute atomic E-state index is 5.67. The summed E-state index contributed by atoms with van der Waals surface area (Å²) in [5.74, 6) is 0. The fraction of sp³-hybridized carbons (Fsp3) is 1.00. The largest absolute Gasteiger partial charge is 0.518 e. The highest BCUT2D eigenvalue weighted by atomic mass is 28.4. The molecule has 0 spiro atoms. The van der Waals surface area contributed by atoms with Gasteiger partial charge in [0.1, 0.15) is 0 Å². The van der Waals surface area contributed by atoms with Crippen LogP contribution in [-0.4, -0.2) is 42.0 Å². The van der Waals surface area contributed by atoms with Crippen LogP contribution in [0, 0.1) is 0 Å². The lowest BCUT2D eigenvalue weighted by molar-refractivity contribution is 0.104. The van der Waals surface area contributed by atoms with Gasteiger partial charge in [0.2, 0.25) is 0 Å². The zero-order valence-corrected chi connectivity index (χ0v) is 10.7. The number of nitrogens with one attached hydrogen (secondary N) is 1. The third kappa shape index (κ3) is 3.30. The van der Waals surface area contributed by atoms with E-state index < -0.39 is 8.80 Å². The van der Waals surface area contributed by atoms with Gasteiger partial charge in [-0.05, 0) is 13.3 Å². The van der Waals surface area contributed by atoms with E-state index in [1.54, 1.807) is 21.3 Å². The van der Waals surface area contributed by atoms with Crippen LogP contribution in [0.2, 0.25) is 0 Å². The average molecular weight is 222 g/mol. The zero-order valence-electron chi connectivity index (χ0n) is 9.66. The maximum atomic E-state index is 5.67. The molecule has 0 aromatic rings. The van der Waals surface area contributed by atoms with E-state index in [2.05, 4.69) is 5.32 Å². The normalized spacial score (nSPS) is 16.7. The van der Waals surface area contributed by atoms with E-state index in [9.17, 15) is 0 Å². The van der Waals surface area contributed by atoms with E-state index in [4.69, 9.17) is 19.0 Å². The summed E-state index contributed by atoms with van der Waals surface area (Å²) in [5, 5.41) is 3.19. The van der Waals surface area contributed by atoms with Crippen molar-refractivity contribution in [2.75, 3.05) is 21.3 Å². The van der Waals surface area contributed by atoms with E-state index in [0.29, 0.717) is 0 Å². The highest BCUT2D eigenvalue weighted by Crippen LogP contribution is 2.14. The van der Waals surface area contributed by atoms with Gasteiger partial charge in [0.25, 0.3) is 0 Å². The minimum absolute atomic E-state index is 0.0301. The molecular formula is C8H22N2O3Si. The van der Waals surface area contributed by atoms with Crippen molar-refractivity contribution in [3.63, 3.8) is 0 Å². The summed E-state index contributed by atoms with van der Waals surface area (Å²) in [6.07, 6.45) is 0.746. The van der Waals surface area contributed by atoms with Gasteiger partial charge in [-0.2, -0.15) is 0 Å². The van der Waals surface area contributed by atoms with Crippen LogP contribution in [0.3, 0.4) is 0 Å². The van der Waals surface area contributed by atoms with E-state index in [0.717, 1.165) is 6.42 Å². The number of nitrogens with two attached hydrogens (primary N) is 1. The number of rotatable bonds is 7. The van der Waals surface area contributed by atoms with Gasteiger partial charge in [-0.15, -0.1) is 0 Å². The molecular weight excluding hydrogens is 200 g/mol. The first kappa shape index (κ1) is 14.0. The summed E-state index contributed by atoms with van der Waals surface area (Å²) in [7, 11) is 2.21. The fourth-order valence-corrected chi connectivity index (χ4v) is 3.78. The minimum Gasteiger partial charge on any atom is -0.376 e. The topological polar surface area (TPSA) is 65.7 Å². The van der Waals surface area contributed by atoms with Crippen molar-refractivity contribution in [1.82, 2.24) is 5.32 Å². The lowest BCUT2D eigenvalue weighted by atomic mass is 10.4. The van der Waals surface area contributed by atoms with Gasteiger partial charge in [-0.25, -0.2) is 0 Å². The molecule has 3 N–H and O–H groups in total. The third-order valence-corrected chi connectivity index (χ3v) is 5.29. The average Bonchev–Trinajstić information content (AvgIpc) is 2.19. The molecule has 86 valence electrons. The van der Waals surface area contributed by atoms with Crippen LogP contribution in [0.5, 0.6) is 0 Å². The summed E-state index contributed by atoms with van der Waals surface area (Å²) in [5.41, 5.74) is 5.70. The van der Waals surface area contributed by atoms with E-state index in [-0.39, 0.29) is 11.8 Å². The second-order valence-electron chi connectivity index (χ2n) is 3.13. The predicted octanol–water partition coefficient (Wildman–Crippen LogP) is 0.0766. The second-order valence-corrected chi connectivity index (χ2v) is 6.26. The van der Waals surface area contributed by atoms with Crippen molar-refractivity contribution >= 4 is 8.80 Å². The van der Waals surface area contributed by atoms with Crippen molar-refractivity contribution in [3.8, 4) is 0 Å². The van der Waals surface area contributed by atoms with Gasteiger partial charge < -0.3 is 19.0 Å². The minimum atomic E-state index is -2.60. The maximum Gasteiger partial charge on any atom is 0.518 e. The molecule has 0 bridgehead atoms. The van der Waals surface area contributed by atoms with Crippen molar-refractivity contribution in [2.45, 2.75) is 32.1 Å². The molecule has 2 unspecified atom stereocenters. The quantitative estimate of drug-likeness (QED) is 0.471. The standard InChI is InChI=1S/C8H22N2O3Si/c1-6-8(10-7(2)9)14(11-3,12-4)13-5/h7-8,10H,6,9H2,1-5H3. The van der Waals surface area contributed by atoms with Crippen LogP contribution >= 0.6 is 0 Å². The summed E-state index contributed by atoms with van der Waals surface area (Å²) in [6.45, 7) is 3.92. The summed E-state index contributed by atoms with van der Waals surface area (Å²) in [6, 6.07) is 0. The number of hydrogen-bond donors (Lipinski definition) is 2. The lowest BCUT2D eigenvalue weighted by Gasteiger charge is -2.33. The van der Waals surface area contributed by atoms with Crippen molar-refractivity contribution in [3.05, 3.63) is 0 Å². The molecule has 2 atom stereocenters. The Morgan fingerprint density at radius 2 is 1.64 bits per heavy atom. The molecule has 14 heavy (non-hydrogen) atoms. The molecule has 0 aromatic heterocycles. The zero-order chi connectivity index (χ0) is 11.2. The summed E-state index contributed by atoms with van der Waals surface area (Å²) in [4.78, 5) is 0. The Balaban J connectivity index is 4.56. The van der Waals surface area contributed by atoms with Crippen molar-refractivity contribution < 1.29 is 13.3 Å². The van der Waals surface area contributed by atoms with Crippen LogP contribution in [0.4, 0.5) is 0 Å². The summed E-state index contributed by atoms with van der Waals surface area (Å²) < 4.78 is 16.1. The molecule has 0 amide bonds. The van der Waals surface area contributed by atoms with Crippen LogP contribution in [0.25, 0.3) is 0 Å². The van der Waals surface area contributed by atoms with Gasteiger partial charge in [-0.3, -0.25) is 5.32 Å². The molecule has 6 heteroatoms. The van der Waals surface area contributed by atoms with E-state index >= 15 is 0 Å². The number of hydrogen-bond acceptors (Lipinski definition) is 5. The molecule has 5 nitrogen and oxygen atoms in total. The van der Waals surface area contributed by atoms with Crippen LogP contribution in [0.1, 0.15) is 20.3 Å². The molecule has 0 aliphatic carbocycles. The predicted molar refractivity (Wildman–Crippen MR) is 57.6 cm³/mol. The van der Waals surface area contributed by atoms with Gasteiger partial charge >= 0.3 is 8.80 Å². The fourth-order valence-electron chi connectivity index (χ4n) is 1.46. The first-order valence-corrected chi connectivity index (χ1v) is 6.53. The Hall–Kier alpha value is 0.0169. The van der Waals surface area contributed by atoms with E-state index in [1.165, 1.54) is 0 Å². The molecule has 0 aliphatic rings. The molecule has 0 aromatic carbocycles.